The summed E-state index contributed by atoms with van der Waals surface area (Å²) in [6.07, 6.45) is 7.97. The van der Waals surface area contributed by atoms with E-state index in [0.29, 0.717) is 0 Å². The molecule has 1 aliphatic rings. The van der Waals surface area contributed by atoms with E-state index in [1.54, 1.807) is 0 Å². The lowest BCUT2D eigenvalue weighted by molar-refractivity contribution is 0.308. The molecule has 0 aromatic heterocycles. The van der Waals surface area contributed by atoms with Gasteiger partial charge in [-0.1, -0.05) is 45.4 Å². The van der Waals surface area contributed by atoms with Crippen LogP contribution >= 0.6 is 0 Å². The second-order valence-electron chi connectivity index (χ2n) is 4.70. The Morgan fingerprint density at radius 1 is 0.824 bits per heavy atom. The van der Waals surface area contributed by atoms with Gasteiger partial charge in [0, 0.05) is 0 Å². The van der Waals surface area contributed by atoms with E-state index in [9.17, 15) is 0 Å². The maximum absolute atomic E-state index is 5.92. The zero-order valence-electron chi connectivity index (χ0n) is 11.2. The summed E-state index contributed by atoms with van der Waals surface area (Å²) in [5.41, 5.74) is 0. The minimum absolute atomic E-state index is 0.735. The van der Waals surface area contributed by atoms with Gasteiger partial charge in [0.25, 0.3) is 30.0 Å². The topological polar surface area (TPSA) is 36.9 Å². The second kappa shape index (κ2) is 9.61. The van der Waals surface area contributed by atoms with Crippen LogP contribution < -0.4 is 0 Å². The highest BCUT2D eigenvalue weighted by atomic mass is 28.5. The maximum atomic E-state index is 5.92. The molecule has 0 bridgehead atoms. The quantitative estimate of drug-likeness (QED) is 0.507. The smallest absolute Gasteiger partial charge is 0.316 e. The van der Waals surface area contributed by atoms with Gasteiger partial charge in [0.15, 0.2) is 0 Å². The van der Waals surface area contributed by atoms with E-state index in [-0.39, 0.29) is 0 Å². The molecular formula is C9H26O4Si4. The average Bonchev–Trinajstić information content (AvgIpc) is 2.29. The summed E-state index contributed by atoms with van der Waals surface area (Å²) in [6, 6.07) is 1.12. The van der Waals surface area contributed by atoms with Crippen LogP contribution in [0.3, 0.4) is 0 Å². The molecular weight excluding hydrogens is 284 g/mol. The molecule has 0 unspecified atom stereocenters. The third-order valence-electron chi connectivity index (χ3n) is 3.05. The first kappa shape index (κ1) is 15.8. The van der Waals surface area contributed by atoms with E-state index in [0.717, 1.165) is 6.04 Å². The molecule has 102 valence electrons. The zero-order valence-corrected chi connectivity index (χ0v) is 16.4. The van der Waals surface area contributed by atoms with Crippen LogP contribution in [0.1, 0.15) is 45.4 Å². The van der Waals surface area contributed by atoms with E-state index in [2.05, 4.69) is 13.5 Å². The lowest BCUT2D eigenvalue weighted by Crippen LogP contribution is -2.44. The van der Waals surface area contributed by atoms with Crippen LogP contribution in [0.5, 0.6) is 0 Å². The fourth-order valence-corrected chi connectivity index (χ4v) is 11.2. The Morgan fingerprint density at radius 2 is 1.41 bits per heavy atom. The van der Waals surface area contributed by atoms with E-state index in [1.807, 2.05) is 0 Å². The van der Waals surface area contributed by atoms with Crippen molar-refractivity contribution in [2.75, 3.05) is 0 Å². The standard InChI is InChI=1S/C9H26O4Si4/c1-3-4-5-6-7-8-9-17(2)12-15-10-14-11-16-13-17/h3-9,14-16H2,1-2H3. The first-order chi connectivity index (χ1) is 8.27. The fraction of sp³-hybridized carbons (Fsp3) is 1.00. The molecule has 0 spiro atoms. The van der Waals surface area contributed by atoms with Crippen molar-refractivity contribution in [1.29, 1.82) is 0 Å². The molecule has 0 radical (unpaired) electrons. The fourth-order valence-electron chi connectivity index (χ4n) is 1.87. The largest absolute Gasteiger partial charge is 0.425 e. The van der Waals surface area contributed by atoms with E-state index in [4.69, 9.17) is 16.5 Å². The SMILES string of the molecule is CCCCCCCC[Si]1(C)O[SiH2]O[SiH2]O[SiH2]O1. The molecule has 17 heavy (non-hydrogen) atoms. The third-order valence-corrected chi connectivity index (χ3v) is 12.8. The molecule has 1 rings (SSSR count). The average molecular weight is 311 g/mol. The molecule has 0 aromatic rings. The van der Waals surface area contributed by atoms with Crippen molar-refractivity contribution in [3.63, 3.8) is 0 Å². The molecule has 1 heterocycles. The van der Waals surface area contributed by atoms with Crippen molar-refractivity contribution >= 4 is 38.6 Å². The van der Waals surface area contributed by atoms with Crippen molar-refractivity contribution in [3.8, 4) is 0 Å². The van der Waals surface area contributed by atoms with Crippen molar-refractivity contribution in [2.45, 2.75) is 58.0 Å². The van der Waals surface area contributed by atoms with Crippen LogP contribution in [-0.4, -0.2) is 38.6 Å². The van der Waals surface area contributed by atoms with Crippen molar-refractivity contribution in [2.24, 2.45) is 0 Å². The second-order valence-corrected chi connectivity index (χ2v) is 13.8. The lowest BCUT2D eigenvalue weighted by Gasteiger charge is -2.29. The van der Waals surface area contributed by atoms with Crippen LogP contribution in [0.2, 0.25) is 12.6 Å². The van der Waals surface area contributed by atoms with Crippen molar-refractivity contribution in [3.05, 3.63) is 0 Å². The maximum Gasteiger partial charge on any atom is 0.316 e. The molecule has 8 heteroatoms. The van der Waals surface area contributed by atoms with Crippen LogP contribution in [0.25, 0.3) is 0 Å². The van der Waals surface area contributed by atoms with Gasteiger partial charge in [-0.3, -0.25) is 0 Å². The van der Waals surface area contributed by atoms with Gasteiger partial charge in [-0.15, -0.1) is 0 Å². The summed E-state index contributed by atoms with van der Waals surface area (Å²) < 4.78 is 22.7. The van der Waals surface area contributed by atoms with Crippen molar-refractivity contribution in [1.82, 2.24) is 0 Å². The molecule has 0 aromatic carbocycles. The predicted molar refractivity (Wildman–Crippen MR) is 79.8 cm³/mol. The highest BCUT2D eigenvalue weighted by Crippen LogP contribution is 2.18. The molecule has 0 amide bonds. The molecule has 1 fully saturated rings. The Labute approximate surface area is 113 Å². The first-order valence-corrected chi connectivity index (χ1v) is 12.7. The van der Waals surface area contributed by atoms with Gasteiger partial charge in [-0.25, -0.2) is 0 Å². The lowest BCUT2D eigenvalue weighted by atomic mass is 10.1. The Bertz CT molecular complexity index is 188. The van der Waals surface area contributed by atoms with Gasteiger partial charge < -0.3 is 16.5 Å². The molecule has 1 aliphatic heterocycles. The first-order valence-electron chi connectivity index (χ1n) is 6.70. The summed E-state index contributed by atoms with van der Waals surface area (Å²) in [5.74, 6) is 0. The Morgan fingerprint density at radius 3 is 2.06 bits per heavy atom. The Hall–Kier alpha value is 0.708. The number of rotatable bonds is 7. The van der Waals surface area contributed by atoms with Gasteiger partial charge in [0.05, 0.1) is 0 Å². The molecule has 1 saturated heterocycles. The summed E-state index contributed by atoms with van der Waals surface area (Å²) >= 11 is 0. The van der Waals surface area contributed by atoms with Crippen LogP contribution in [0, 0.1) is 0 Å². The van der Waals surface area contributed by atoms with E-state index in [1.165, 1.54) is 38.5 Å². The minimum Gasteiger partial charge on any atom is -0.425 e. The van der Waals surface area contributed by atoms with Crippen LogP contribution in [0.4, 0.5) is 0 Å². The number of hydrogen-bond donors (Lipinski definition) is 0. The van der Waals surface area contributed by atoms with Gasteiger partial charge in [0.1, 0.15) is 0 Å². The summed E-state index contributed by atoms with van der Waals surface area (Å²) in [5, 5.41) is 0. The van der Waals surface area contributed by atoms with Crippen molar-refractivity contribution < 1.29 is 16.5 Å². The predicted octanol–water partition coefficient (Wildman–Crippen LogP) is 0.495. The molecule has 0 N–H and O–H groups in total. The minimum atomic E-state index is -1.89. The number of unbranched alkanes of at least 4 members (excludes halogenated alkanes) is 5. The Kier molecular flexibility index (Phi) is 8.91. The van der Waals surface area contributed by atoms with E-state index >= 15 is 0 Å². The summed E-state index contributed by atoms with van der Waals surface area (Å²) in [7, 11) is -4.24. The highest BCUT2D eigenvalue weighted by molar-refractivity contribution is 6.74. The summed E-state index contributed by atoms with van der Waals surface area (Å²) in [6.45, 7) is 4.43. The van der Waals surface area contributed by atoms with Crippen LogP contribution in [0.15, 0.2) is 0 Å². The molecule has 4 nitrogen and oxygen atoms in total. The highest BCUT2D eigenvalue weighted by Gasteiger charge is 2.31. The van der Waals surface area contributed by atoms with E-state index < -0.39 is 38.6 Å². The monoisotopic (exact) mass is 310 g/mol. The van der Waals surface area contributed by atoms with Crippen LogP contribution in [-0.2, 0) is 16.5 Å². The normalized spacial score (nSPS) is 30.7. The number of hydrogen-bond acceptors (Lipinski definition) is 4. The van der Waals surface area contributed by atoms with Gasteiger partial charge in [-0.05, 0) is 12.6 Å². The molecule has 0 aliphatic carbocycles. The van der Waals surface area contributed by atoms with Gasteiger partial charge in [-0.2, -0.15) is 0 Å². The molecule has 0 saturated carbocycles. The Balaban J connectivity index is 2.09. The third kappa shape index (κ3) is 7.67. The zero-order chi connectivity index (χ0) is 12.4. The summed E-state index contributed by atoms with van der Waals surface area (Å²) in [4.78, 5) is 0. The van der Waals surface area contributed by atoms with Gasteiger partial charge >= 0.3 is 8.56 Å². The molecule has 0 atom stereocenters. The van der Waals surface area contributed by atoms with Gasteiger partial charge in [0.2, 0.25) is 0 Å².